The molecule has 7 heteroatoms. The third kappa shape index (κ3) is 3.34. The van der Waals surface area contributed by atoms with Gasteiger partial charge in [-0.05, 0) is 13.8 Å². The van der Waals surface area contributed by atoms with E-state index in [4.69, 9.17) is 9.68 Å². The van der Waals surface area contributed by atoms with Gasteiger partial charge in [-0.1, -0.05) is 0 Å². The Morgan fingerprint density at radius 1 is 1.53 bits per heavy atom. The van der Waals surface area contributed by atoms with Gasteiger partial charge in [0.05, 0.1) is 18.3 Å². The Hall–Kier alpha value is -1.39. The minimum Gasteiger partial charge on any atom is -0.444 e. The number of sulfonamides is 1. The standard InChI is InChI=1S/C8H11N3O3S/c1-6-7(2)14-8(11-6)5-10-15(12,13)4-3-9/h10H,4-5H2,1-2H3. The van der Waals surface area contributed by atoms with E-state index in [1.807, 2.05) is 0 Å². The highest BCUT2D eigenvalue weighted by Crippen LogP contribution is 2.07. The van der Waals surface area contributed by atoms with Gasteiger partial charge >= 0.3 is 0 Å². The second kappa shape index (κ2) is 4.42. The number of oxazole rings is 1. The largest absolute Gasteiger partial charge is 0.444 e. The lowest BCUT2D eigenvalue weighted by Gasteiger charge is -1.98. The third-order valence-corrected chi connectivity index (χ3v) is 2.86. The fourth-order valence-corrected chi connectivity index (χ4v) is 1.54. The van der Waals surface area contributed by atoms with E-state index < -0.39 is 15.8 Å². The van der Waals surface area contributed by atoms with Crippen molar-refractivity contribution in [2.24, 2.45) is 0 Å². The quantitative estimate of drug-likeness (QED) is 0.797. The highest BCUT2D eigenvalue weighted by atomic mass is 32.2. The summed E-state index contributed by atoms with van der Waals surface area (Å²) in [7, 11) is -3.54. The summed E-state index contributed by atoms with van der Waals surface area (Å²) in [4.78, 5) is 4.00. The summed E-state index contributed by atoms with van der Waals surface area (Å²) in [5.74, 6) is 0.391. The monoisotopic (exact) mass is 229 g/mol. The van der Waals surface area contributed by atoms with Crippen LogP contribution in [-0.4, -0.2) is 19.2 Å². The maximum Gasteiger partial charge on any atom is 0.225 e. The molecule has 1 rings (SSSR count). The summed E-state index contributed by atoms with van der Waals surface area (Å²) in [5, 5.41) is 8.24. The van der Waals surface area contributed by atoms with Crippen LogP contribution in [0.5, 0.6) is 0 Å². The van der Waals surface area contributed by atoms with Crippen molar-refractivity contribution in [3.8, 4) is 6.07 Å². The molecule has 1 aromatic rings. The van der Waals surface area contributed by atoms with Gasteiger partial charge in [0.15, 0.2) is 5.75 Å². The normalized spacial score (nSPS) is 11.3. The number of nitrogens with zero attached hydrogens (tertiary/aromatic N) is 2. The zero-order valence-electron chi connectivity index (χ0n) is 8.44. The van der Waals surface area contributed by atoms with Crippen molar-refractivity contribution >= 4 is 10.0 Å². The van der Waals surface area contributed by atoms with E-state index in [0.29, 0.717) is 11.7 Å². The van der Waals surface area contributed by atoms with Crippen LogP contribution in [0.25, 0.3) is 0 Å². The van der Waals surface area contributed by atoms with E-state index in [1.165, 1.54) is 0 Å². The summed E-state index contributed by atoms with van der Waals surface area (Å²) < 4.78 is 29.6. The van der Waals surface area contributed by atoms with Crippen LogP contribution < -0.4 is 4.72 Å². The number of hydrogen-bond acceptors (Lipinski definition) is 5. The minimum atomic E-state index is -3.54. The van der Waals surface area contributed by atoms with Crippen LogP contribution in [0.3, 0.4) is 0 Å². The predicted octanol–water partition coefficient (Wildman–Crippen LogP) is 0.234. The van der Waals surface area contributed by atoms with Gasteiger partial charge in [-0.2, -0.15) is 5.26 Å². The first kappa shape index (κ1) is 11.7. The Labute approximate surface area is 88.0 Å². The highest BCUT2D eigenvalue weighted by molar-refractivity contribution is 7.89. The average Bonchev–Trinajstić information content (AvgIpc) is 2.44. The number of rotatable bonds is 4. The number of aryl methyl sites for hydroxylation is 2. The molecule has 0 aliphatic rings. The van der Waals surface area contributed by atoms with Gasteiger partial charge in [-0.15, -0.1) is 0 Å². The molecule has 1 aromatic heterocycles. The number of nitrogens with one attached hydrogen (secondary N) is 1. The molecule has 0 aromatic carbocycles. The number of nitriles is 1. The second-order valence-corrected chi connectivity index (χ2v) is 4.79. The van der Waals surface area contributed by atoms with E-state index in [2.05, 4.69) is 9.71 Å². The summed E-state index contributed by atoms with van der Waals surface area (Å²) in [6, 6.07) is 1.56. The van der Waals surface area contributed by atoms with Crippen molar-refractivity contribution in [3.63, 3.8) is 0 Å². The average molecular weight is 229 g/mol. The minimum absolute atomic E-state index is 0.0291. The van der Waals surface area contributed by atoms with Gasteiger partial charge in [0.2, 0.25) is 15.9 Å². The highest BCUT2D eigenvalue weighted by Gasteiger charge is 2.11. The fraction of sp³-hybridized carbons (Fsp3) is 0.500. The third-order valence-electron chi connectivity index (χ3n) is 1.77. The van der Waals surface area contributed by atoms with Crippen molar-refractivity contribution < 1.29 is 12.8 Å². The first-order chi connectivity index (χ1) is 6.94. The van der Waals surface area contributed by atoms with Gasteiger partial charge in [0.25, 0.3) is 0 Å². The van der Waals surface area contributed by atoms with Gasteiger partial charge in [-0.3, -0.25) is 0 Å². The molecular weight excluding hydrogens is 218 g/mol. The van der Waals surface area contributed by atoms with Gasteiger partial charge in [0.1, 0.15) is 5.76 Å². The molecule has 0 unspecified atom stereocenters. The zero-order chi connectivity index (χ0) is 11.5. The van der Waals surface area contributed by atoms with Gasteiger partial charge in [0, 0.05) is 0 Å². The molecule has 0 spiro atoms. The molecule has 0 atom stereocenters. The predicted molar refractivity (Wildman–Crippen MR) is 52.2 cm³/mol. The molecule has 6 nitrogen and oxygen atoms in total. The second-order valence-electron chi connectivity index (χ2n) is 2.99. The summed E-state index contributed by atoms with van der Waals surface area (Å²) >= 11 is 0. The van der Waals surface area contributed by atoms with Gasteiger partial charge < -0.3 is 4.42 Å². The maximum atomic E-state index is 11.1. The van der Waals surface area contributed by atoms with Crippen LogP contribution in [-0.2, 0) is 16.6 Å². The SMILES string of the molecule is Cc1nc(CNS(=O)(=O)CC#N)oc1C. The Balaban J connectivity index is 2.62. The maximum absolute atomic E-state index is 11.1. The molecule has 82 valence electrons. The molecular formula is C8H11N3O3S. The summed E-state index contributed by atoms with van der Waals surface area (Å²) in [6.07, 6.45) is 0. The molecule has 0 saturated carbocycles. The first-order valence-electron chi connectivity index (χ1n) is 4.22. The summed E-state index contributed by atoms with van der Waals surface area (Å²) in [5.41, 5.74) is 0.726. The molecule has 0 fully saturated rings. The Kier molecular flexibility index (Phi) is 3.44. The van der Waals surface area contributed by atoms with Crippen LogP contribution in [0.2, 0.25) is 0 Å². The fourth-order valence-electron chi connectivity index (χ4n) is 0.922. The Morgan fingerprint density at radius 2 is 2.20 bits per heavy atom. The van der Waals surface area contributed by atoms with E-state index in [-0.39, 0.29) is 6.54 Å². The van der Waals surface area contributed by atoms with Crippen molar-refractivity contribution in [2.45, 2.75) is 20.4 Å². The van der Waals surface area contributed by atoms with E-state index in [0.717, 1.165) is 5.69 Å². The van der Waals surface area contributed by atoms with Crippen molar-refractivity contribution in [1.29, 1.82) is 5.26 Å². The topological polar surface area (TPSA) is 96.0 Å². The van der Waals surface area contributed by atoms with E-state index in [9.17, 15) is 8.42 Å². The van der Waals surface area contributed by atoms with E-state index >= 15 is 0 Å². The molecule has 0 aliphatic carbocycles. The molecule has 15 heavy (non-hydrogen) atoms. The van der Waals surface area contributed by atoms with Crippen LogP contribution >= 0.6 is 0 Å². The summed E-state index contributed by atoms with van der Waals surface area (Å²) in [6.45, 7) is 3.49. The lowest BCUT2D eigenvalue weighted by Crippen LogP contribution is -2.25. The molecule has 0 aliphatic heterocycles. The van der Waals surface area contributed by atoms with Crippen LogP contribution in [0.1, 0.15) is 17.3 Å². The van der Waals surface area contributed by atoms with E-state index in [1.54, 1.807) is 19.9 Å². The van der Waals surface area contributed by atoms with Crippen molar-refractivity contribution in [2.75, 3.05) is 5.75 Å². The zero-order valence-corrected chi connectivity index (χ0v) is 9.26. The molecule has 0 radical (unpaired) electrons. The van der Waals surface area contributed by atoms with Crippen molar-refractivity contribution in [1.82, 2.24) is 9.71 Å². The molecule has 0 bridgehead atoms. The molecule has 1 N–H and O–H groups in total. The van der Waals surface area contributed by atoms with Crippen LogP contribution in [0, 0.1) is 25.2 Å². The molecule has 0 saturated heterocycles. The lowest BCUT2D eigenvalue weighted by atomic mass is 10.4. The Morgan fingerprint density at radius 3 is 2.67 bits per heavy atom. The number of aromatic nitrogens is 1. The molecule has 0 amide bonds. The smallest absolute Gasteiger partial charge is 0.225 e. The van der Waals surface area contributed by atoms with Crippen LogP contribution in [0.4, 0.5) is 0 Å². The molecule has 1 heterocycles. The number of hydrogen-bond donors (Lipinski definition) is 1. The lowest BCUT2D eigenvalue weighted by molar-refractivity contribution is 0.463. The Bertz CT molecular complexity index is 464. The van der Waals surface area contributed by atoms with Gasteiger partial charge in [-0.25, -0.2) is 18.1 Å². The van der Waals surface area contributed by atoms with Crippen molar-refractivity contribution in [3.05, 3.63) is 17.3 Å². The van der Waals surface area contributed by atoms with Crippen LogP contribution in [0.15, 0.2) is 4.42 Å². The first-order valence-corrected chi connectivity index (χ1v) is 5.87.